The smallest absolute Gasteiger partial charge is 0.266 e. The minimum Gasteiger partial charge on any atom is -0.543 e. The van der Waals surface area contributed by atoms with E-state index in [2.05, 4.69) is 5.10 Å². The van der Waals surface area contributed by atoms with Gasteiger partial charge in [0, 0.05) is 13.1 Å². The second-order valence-electron chi connectivity index (χ2n) is 1.85. The van der Waals surface area contributed by atoms with E-state index in [9.17, 15) is 14.7 Å². The fourth-order valence-electron chi connectivity index (χ4n) is 0.593. The molecule has 54 valence electrons. The summed E-state index contributed by atoms with van der Waals surface area (Å²) in [6.45, 7) is 0. The largest absolute Gasteiger partial charge is 0.543 e. The first kappa shape index (κ1) is 6.60. The third-order valence-electron chi connectivity index (χ3n) is 1.11. The van der Waals surface area contributed by atoms with Crippen LogP contribution in [0.25, 0.3) is 0 Å². The highest BCUT2D eigenvalue weighted by Gasteiger charge is 1.97. The Kier molecular flexibility index (Phi) is 1.33. The summed E-state index contributed by atoms with van der Waals surface area (Å²) in [6, 6.07) is 0.968. The number of hydrogen-bond acceptors (Lipinski definition) is 3. The number of carboxylic acid groups (broad SMARTS) is 1. The van der Waals surface area contributed by atoms with Crippen LogP contribution in [0.4, 0.5) is 0 Å². The van der Waals surface area contributed by atoms with Crippen molar-refractivity contribution in [3.05, 3.63) is 22.1 Å². The highest BCUT2D eigenvalue weighted by molar-refractivity contribution is 5.82. The van der Waals surface area contributed by atoms with Crippen LogP contribution in [0.2, 0.25) is 0 Å². The monoisotopic (exact) mass is 141 g/mol. The minimum atomic E-state index is -1.38. The Balaban J connectivity index is 3.23. The maximum absolute atomic E-state index is 10.6. The zero-order chi connectivity index (χ0) is 7.72. The molecule has 1 aromatic rings. The van der Waals surface area contributed by atoms with Gasteiger partial charge in [-0.05, 0) is 0 Å². The summed E-state index contributed by atoms with van der Waals surface area (Å²) in [4.78, 5) is 20.7. The van der Waals surface area contributed by atoms with Gasteiger partial charge in [-0.25, -0.2) is 0 Å². The molecule has 0 atom stereocenters. The number of aromatic carboxylic acids is 1. The van der Waals surface area contributed by atoms with Gasteiger partial charge in [0.25, 0.3) is 5.56 Å². The summed E-state index contributed by atoms with van der Waals surface area (Å²) >= 11 is 0. The quantitative estimate of drug-likeness (QED) is 0.495. The van der Waals surface area contributed by atoms with Crippen molar-refractivity contribution < 1.29 is 9.90 Å². The fourth-order valence-corrected chi connectivity index (χ4v) is 0.593. The highest BCUT2D eigenvalue weighted by Crippen LogP contribution is 1.83. The van der Waals surface area contributed by atoms with Crippen LogP contribution in [0, 0.1) is 0 Å². The van der Waals surface area contributed by atoms with Crippen LogP contribution in [-0.2, 0) is 7.05 Å². The van der Waals surface area contributed by atoms with Crippen LogP contribution in [0.5, 0.6) is 0 Å². The van der Waals surface area contributed by atoms with Gasteiger partial charge in [0.15, 0.2) is 0 Å². The first-order chi connectivity index (χ1) is 4.61. The normalized spacial score (nSPS) is 9.70. The van der Waals surface area contributed by atoms with Crippen LogP contribution in [0.1, 0.15) is 10.5 Å². The molecule has 5 heteroatoms. The van der Waals surface area contributed by atoms with E-state index in [0.29, 0.717) is 0 Å². The molecule has 0 radical (unpaired) electrons. The zero-order valence-electron chi connectivity index (χ0n) is 5.25. The lowest BCUT2D eigenvalue weighted by Crippen LogP contribution is -2.22. The molecule has 1 rings (SSSR count). The van der Waals surface area contributed by atoms with Gasteiger partial charge in [-0.1, -0.05) is 0 Å². The van der Waals surface area contributed by atoms with Gasteiger partial charge in [-0.3, -0.25) is 14.6 Å². The van der Waals surface area contributed by atoms with Crippen molar-refractivity contribution in [3.8, 4) is 0 Å². The number of nitrogens with zero attached hydrogens (tertiary/aromatic N) is 1. The fraction of sp³-hybridized carbons (Fsp3) is 0.200. The van der Waals surface area contributed by atoms with Crippen molar-refractivity contribution in [1.29, 1.82) is 0 Å². The zero-order valence-corrected chi connectivity index (χ0v) is 5.25. The summed E-state index contributed by atoms with van der Waals surface area (Å²) in [5.41, 5.74) is -0.591. The van der Waals surface area contributed by atoms with Crippen LogP contribution >= 0.6 is 0 Å². The highest BCUT2D eigenvalue weighted by atomic mass is 16.4. The molecule has 0 aliphatic rings. The van der Waals surface area contributed by atoms with E-state index in [1.807, 2.05) is 0 Å². The number of carbonyl (C=O) groups is 1. The molecule has 0 saturated carbocycles. The lowest BCUT2D eigenvalue weighted by Gasteiger charge is -1.94. The van der Waals surface area contributed by atoms with E-state index in [4.69, 9.17) is 0 Å². The molecule has 1 aromatic heterocycles. The molecule has 0 aliphatic heterocycles. The van der Waals surface area contributed by atoms with Gasteiger partial charge >= 0.3 is 0 Å². The average molecular weight is 141 g/mol. The third kappa shape index (κ3) is 0.928. The van der Waals surface area contributed by atoms with Gasteiger partial charge in [0.05, 0.1) is 11.7 Å². The lowest BCUT2D eigenvalue weighted by molar-refractivity contribution is -0.255. The molecular weight excluding hydrogens is 136 g/mol. The number of aromatic nitrogens is 2. The topological polar surface area (TPSA) is 77.9 Å². The molecular formula is C5H5N2O3-. The van der Waals surface area contributed by atoms with E-state index < -0.39 is 5.97 Å². The maximum atomic E-state index is 10.6. The number of hydrogen-bond donors (Lipinski definition) is 1. The van der Waals surface area contributed by atoms with Crippen molar-refractivity contribution >= 4 is 5.97 Å². The van der Waals surface area contributed by atoms with Crippen LogP contribution in [0.15, 0.2) is 10.9 Å². The van der Waals surface area contributed by atoms with Gasteiger partial charge in [-0.2, -0.15) is 0 Å². The molecule has 0 unspecified atom stereocenters. The SMILES string of the molecule is Cn1[nH]c(C(=O)[O-])cc1=O. The first-order valence-corrected chi connectivity index (χ1v) is 2.58. The van der Waals surface area contributed by atoms with Gasteiger partial charge in [-0.15, -0.1) is 0 Å². The van der Waals surface area contributed by atoms with E-state index >= 15 is 0 Å². The van der Waals surface area contributed by atoms with E-state index in [1.165, 1.54) is 7.05 Å². The molecule has 0 saturated heterocycles. The number of H-pyrrole nitrogens is 1. The van der Waals surface area contributed by atoms with E-state index in [0.717, 1.165) is 10.7 Å². The Morgan fingerprint density at radius 1 is 1.80 bits per heavy atom. The maximum Gasteiger partial charge on any atom is 0.266 e. The molecule has 0 bridgehead atoms. The molecule has 0 spiro atoms. The second-order valence-corrected chi connectivity index (χ2v) is 1.85. The standard InChI is InChI=1S/C5H6N2O3/c1-7-4(8)2-3(6-7)5(9)10/h2,6H,1H3,(H,9,10)/p-1. The molecule has 5 nitrogen and oxygen atoms in total. The van der Waals surface area contributed by atoms with Crippen molar-refractivity contribution in [2.24, 2.45) is 7.05 Å². The molecule has 0 aromatic carbocycles. The minimum absolute atomic E-state index is 0.201. The number of rotatable bonds is 1. The van der Waals surface area contributed by atoms with Crippen molar-refractivity contribution in [2.45, 2.75) is 0 Å². The third-order valence-corrected chi connectivity index (χ3v) is 1.11. The predicted octanol–water partition coefficient (Wildman–Crippen LogP) is -1.92. The Morgan fingerprint density at radius 3 is 2.60 bits per heavy atom. The summed E-state index contributed by atoms with van der Waals surface area (Å²) in [7, 11) is 1.43. The molecule has 1 N–H and O–H groups in total. The molecule has 0 aliphatic carbocycles. The average Bonchev–Trinajstić information content (AvgIpc) is 2.13. The van der Waals surface area contributed by atoms with Crippen molar-refractivity contribution in [1.82, 2.24) is 9.78 Å². The Labute approximate surface area is 55.9 Å². The summed E-state index contributed by atoms with van der Waals surface area (Å²) in [6.07, 6.45) is 0. The molecule has 10 heavy (non-hydrogen) atoms. The predicted molar refractivity (Wildman–Crippen MR) is 30.4 cm³/mol. The Hall–Kier alpha value is -1.52. The van der Waals surface area contributed by atoms with Crippen LogP contribution in [-0.4, -0.2) is 15.7 Å². The Bertz CT molecular complexity index is 309. The van der Waals surface area contributed by atoms with Crippen LogP contribution < -0.4 is 10.7 Å². The molecule has 0 amide bonds. The van der Waals surface area contributed by atoms with Crippen molar-refractivity contribution in [3.63, 3.8) is 0 Å². The first-order valence-electron chi connectivity index (χ1n) is 2.58. The number of aryl methyl sites for hydroxylation is 1. The van der Waals surface area contributed by atoms with Gasteiger partial charge < -0.3 is 9.90 Å². The molecule has 0 fully saturated rings. The second kappa shape index (κ2) is 2.02. The summed E-state index contributed by atoms with van der Waals surface area (Å²) in [5.74, 6) is -1.38. The van der Waals surface area contributed by atoms with Gasteiger partial charge in [0.1, 0.15) is 0 Å². The Morgan fingerprint density at radius 2 is 2.40 bits per heavy atom. The number of carboxylic acids is 1. The number of aromatic amines is 1. The summed E-state index contributed by atoms with van der Waals surface area (Å²) < 4.78 is 1.06. The number of carbonyl (C=O) groups excluding carboxylic acids is 1. The summed E-state index contributed by atoms with van der Waals surface area (Å²) in [5, 5.41) is 12.4. The van der Waals surface area contributed by atoms with E-state index in [-0.39, 0.29) is 11.3 Å². The lowest BCUT2D eigenvalue weighted by atomic mass is 10.4. The van der Waals surface area contributed by atoms with Gasteiger partial charge in [0.2, 0.25) is 0 Å². The van der Waals surface area contributed by atoms with E-state index in [1.54, 1.807) is 0 Å². The van der Waals surface area contributed by atoms with Crippen LogP contribution in [0.3, 0.4) is 0 Å². The molecule has 1 heterocycles. The van der Waals surface area contributed by atoms with Crippen molar-refractivity contribution in [2.75, 3.05) is 0 Å². The number of nitrogens with one attached hydrogen (secondary N) is 1.